The third-order valence-corrected chi connectivity index (χ3v) is 5.96. The summed E-state index contributed by atoms with van der Waals surface area (Å²) in [5, 5.41) is 1.97. The molecule has 1 aliphatic carbocycles. The van der Waals surface area contributed by atoms with E-state index in [0.29, 0.717) is 36.1 Å². The minimum Gasteiger partial charge on any atom is -0.384 e. The summed E-state index contributed by atoms with van der Waals surface area (Å²) in [5.74, 6) is -3.08. The van der Waals surface area contributed by atoms with Crippen molar-refractivity contribution in [2.24, 2.45) is 11.8 Å². The predicted molar refractivity (Wildman–Crippen MR) is 107 cm³/mol. The quantitative estimate of drug-likeness (QED) is 0.443. The van der Waals surface area contributed by atoms with Gasteiger partial charge in [-0.05, 0) is 42.9 Å². The minimum atomic E-state index is -4.68. The number of hydroxylamine groups is 1. The van der Waals surface area contributed by atoms with Crippen molar-refractivity contribution in [3.8, 4) is 0 Å². The molecule has 4 N–H and O–H groups in total. The molecular formula is C20H26F3N5O4. The molecule has 1 aromatic rings. The Kier molecular flexibility index (Phi) is 7.22. The molecule has 0 spiro atoms. The van der Waals surface area contributed by atoms with E-state index in [1.165, 1.54) is 19.4 Å². The van der Waals surface area contributed by atoms with Gasteiger partial charge in [0.1, 0.15) is 17.9 Å². The van der Waals surface area contributed by atoms with E-state index in [2.05, 4.69) is 15.3 Å². The molecule has 9 nitrogen and oxygen atoms in total. The van der Waals surface area contributed by atoms with Gasteiger partial charge in [-0.3, -0.25) is 19.3 Å². The van der Waals surface area contributed by atoms with Gasteiger partial charge in [-0.2, -0.15) is 13.2 Å². The highest BCUT2D eigenvalue weighted by molar-refractivity contribution is 6.08. The van der Waals surface area contributed by atoms with E-state index in [1.54, 1.807) is 6.07 Å². The molecule has 1 saturated carbocycles. The Labute approximate surface area is 182 Å². The number of halogens is 3. The monoisotopic (exact) mass is 457 g/mol. The number of nitrogen functional groups attached to an aromatic ring is 1. The Morgan fingerprint density at radius 1 is 1.31 bits per heavy atom. The molecule has 4 amide bonds. The number of urea groups is 1. The number of nitrogens with one attached hydrogen (secondary N) is 2. The lowest BCUT2D eigenvalue weighted by Crippen LogP contribution is -2.71. The van der Waals surface area contributed by atoms with Crippen LogP contribution < -0.4 is 16.5 Å². The standard InChI is InChI=1S/C20H26F3N5O4/c1-32-27-17(29)15-13(9-11-7-8-25-14(24)10-11)18(30)28(15)19(31)26-16(20(21,22)23)12-5-3-2-4-6-12/h7-8,10,12-13,15-16H,2-6,9H2,1H3,(H2,24,25)(H,26,31)(H,27,29)/t13-,15+,16+/m1/s1. The van der Waals surface area contributed by atoms with Crippen molar-refractivity contribution in [1.82, 2.24) is 20.7 Å². The molecular weight excluding hydrogens is 431 g/mol. The fourth-order valence-electron chi connectivity index (χ4n) is 4.45. The van der Waals surface area contributed by atoms with Crippen LogP contribution in [-0.2, 0) is 20.8 Å². The lowest BCUT2D eigenvalue weighted by atomic mass is 9.81. The summed E-state index contributed by atoms with van der Waals surface area (Å²) in [6.45, 7) is 0. The average molecular weight is 457 g/mol. The normalized spacial score (nSPS) is 22.8. The number of pyridine rings is 1. The molecule has 1 saturated heterocycles. The Balaban J connectivity index is 1.78. The SMILES string of the molecule is CONC(=O)[C@@H]1[C@@H](Cc2ccnc(N)c2)C(=O)N1C(=O)N[C@@H](C1CCCCC1)C(F)(F)F. The highest BCUT2D eigenvalue weighted by Gasteiger charge is 2.56. The molecule has 2 aliphatic rings. The maximum atomic E-state index is 13.7. The molecule has 0 aromatic carbocycles. The largest absolute Gasteiger partial charge is 0.408 e. The van der Waals surface area contributed by atoms with E-state index in [1.807, 2.05) is 5.32 Å². The van der Waals surface area contributed by atoms with Gasteiger partial charge in [-0.25, -0.2) is 15.3 Å². The minimum absolute atomic E-state index is 0.0580. The van der Waals surface area contributed by atoms with Gasteiger partial charge in [0.15, 0.2) is 0 Å². The van der Waals surface area contributed by atoms with Gasteiger partial charge >= 0.3 is 12.2 Å². The number of hydrogen-bond donors (Lipinski definition) is 3. The molecule has 2 heterocycles. The maximum Gasteiger partial charge on any atom is 0.408 e. The van der Waals surface area contributed by atoms with Crippen LogP contribution in [0.1, 0.15) is 37.7 Å². The first-order valence-corrected chi connectivity index (χ1v) is 10.4. The van der Waals surface area contributed by atoms with Crippen molar-refractivity contribution in [2.75, 3.05) is 12.8 Å². The van der Waals surface area contributed by atoms with Crippen molar-refractivity contribution in [2.45, 2.75) is 56.8 Å². The molecule has 2 fully saturated rings. The van der Waals surface area contributed by atoms with Gasteiger partial charge in [0.05, 0.1) is 13.0 Å². The number of nitrogens with two attached hydrogens (primary N) is 1. The van der Waals surface area contributed by atoms with Crippen molar-refractivity contribution < 1.29 is 32.4 Å². The van der Waals surface area contributed by atoms with Crippen molar-refractivity contribution in [3.05, 3.63) is 23.9 Å². The van der Waals surface area contributed by atoms with Crippen molar-refractivity contribution >= 4 is 23.7 Å². The second-order valence-corrected chi connectivity index (χ2v) is 8.09. The first kappa shape index (κ1) is 23.8. The first-order valence-electron chi connectivity index (χ1n) is 10.4. The Hall–Kier alpha value is -2.89. The van der Waals surface area contributed by atoms with Crippen LogP contribution in [0.5, 0.6) is 0 Å². The van der Waals surface area contributed by atoms with Crippen LogP contribution in [0.3, 0.4) is 0 Å². The lowest BCUT2D eigenvalue weighted by molar-refractivity contribution is -0.171. The number of likely N-dealkylation sites (tertiary alicyclic amines) is 1. The smallest absolute Gasteiger partial charge is 0.384 e. The highest BCUT2D eigenvalue weighted by Crippen LogP contribution is 2.36. The third-order valence-electron chi connectivity index (χ3n) is 5.96. The third kappa shape index (κ3) is 5.12. The molecule has 0 bridgehead atoms. The van der Waals surface area contributed by atoms with Crippen LogP contribution in [0.4, 0.5) is 23.8 Å². The molecule has 3 rings (SSSR count). The van der Waals surface area contributed by atoms with Crippen LogP contribution in [0.25, 0.3) is 0 Å². The predicted octanol–water partition coefficient (Wildman–Crippen LogP) is 1.93. The maximum absolute atomic E-state index is 13.7. The van der Waals surface area contributed by atoms with Gasteiger partial charge in [0, 0.05) is 6.20 Å². The van der Waals surface area contributed by atoms with E-state index < -0.39 is 47.9 Å². The number of nitrogens with zero attached hydrogens (tertiary/aromatic N) is 2. The molecule has 12 heteroatoms. The van der Waals surface area contributed by atoms with E-state index in [9.17, 15) is 27.6 Å². The van der Waals surface area contributed by atoms with E-state index in [0.717, 1.165) is 6.42 Å². The van der Waals surface area contributed by atoms with Gasteiger partial charge in [-0.1, -0.05) is 19.3 Å². The first-order chi connectivity index (χ1) is 15.1. The number of aromatic nitrogens is 1. The molecule has 176 valence electrons. The van der Waals surface area contributed by atoms with Gasteiger partial charge in [-0.15, -0.1) is 0 Å². The lowest BCUT2D eigenvalue weighted by Gasteiger charge is -2.45. The fraction of sp³-hybridized carbons (Fsp3) is 0.600. The summed E-state index contributed by atoms with van der Waals surface area (Å²) in [7, 11) is 1.17. The number of rotatable bonds is 6. The molecule has 1 aliphatic heterocycles. The summed E-state index contributed by atoms with van der Waals surface area (Å²) in [5.41, 5.74) is 8.29. The number of alkyl halides is 3. The zero-order valence-corrected chi connectivity index (χ0v) is 17.5. The van der Waals surface area contributed by atoms with E-state index in [4.69, 9.17) is 5.73 Å². The zero-order valence-electron chi connectivity index (χ0n) is 17.5. The second kappa shape index (κ2) is 9.72. The Bertz CT molecular complexity index is 860. The number of carbonyl (C=O) groups is 3. The summed E-state index contributed by atoms with van der Waals surface area (Å²) in [6.07, 6.45) is -0.388. The highest BCUT2D eigenvalue weighted by atomic mass is 19.4. The molecule has 1 aromatic heterocycles. The van der Waals surface area contributed by atoms with Crippen molar-refractivity contribution in [3.63, 3.8) is 0 Å². The Morgan fingerprint density at radius 3 is 2.59 bits per heavy atom. The van der Waals surface area contributed by atoms with Crippen LogP contribution in [0, 0.1) is 11.8 Å². The van der Waals surface area contributed by atoms with Gasteiger partial charge in [0.25, 0.3) is 5.91 Å². The summed E-state index contributed by atoms with van der Waals surface area (Å²) < 4.78 is 41.1. The summed E-state index contributed by atoms with van der Waals surface area (Å²) in [4.78, 5) is 46.9. The molecule has 0 unspecified atom stereocenters. The number of β-lactam (4-membered cyclic amide) rings is 1. The van der Waals surface area contributed by atoms with Gasteiger partial charge in [0.2, 0.25) is 5.91 Å². The fourth-order valence-corrected chi connectivity index (χ4v) is 4.45. The topological polar surface area (TPSA) is 127 Å². The van der Waals surface area contributed by atoms with Crippen LogP contribution >= 0.6 is 0 Å². The number of hydrogen-bond acceptors (Lipinski definition) is 6. The number of carbonyl (C=O) groups excluding carboxylic acids is 3. The number of imide groups is 1. The van der Waals surface area contributed by atoms with Crippen molar-refractivity contribution in [1.29, 1.82) is 0 Å². The number of amides is 4. The van der Waals surface area contributed by atoms with Crippen LogP contribution in [0.15, 0.2) is 18.3 Å². The Morgan fingerprint density at radius 2 is 2.00 bits per heavy atom. The van der Waals surface area contributed by atoms with Crippen LogP contribution in [0.2, 0.25) is 0 Å². The molecule has 32 heavy (non-hydrogen) atoms. The second-order valence-electron chi connectivity index (χ2n) is 8.09. The average Bonchev–Trinajstić information content (AvgIpc) is 2.73. The number of anilines is 1. The van der Waals surface area contributed by atoms with E-state index >= 15 is 0 Å². The summed E-state index contributed by atoms with van der Waals surface area (Å²) >= 11 is 0. The molecule has 0 radical (unpaired) electrons. The zero-order chi connectivity index (χ0) is 23.5. The summed E-state index contributed by atoms with van der Waals surface area (Å²) in [6, 6.07) is -1.54. The van der Waals surface area contributed by atoms with Crippen LogP contribution in [-0.4, -0.2) is 53.1 Å². The van der Waals surface area contributed by atoms with Gasteiger partial charge < -0.3 is 11.1 Å². The molecule has 3 atom stereocenters. The van der Waals surface area contributed by atoms with E-state index in [-0.39, 0.29) is 12.2 Å².